The van der Waals surface area contributed by atoms with Crippen molar-refractivity contribution >= 4 is 29.7 Å². The maximum Gasteiger partial charge on any atom is 0.410 e. The van der Waals surface area contributed by atoms with Crippen LogP contribution in [0.2, 0.25) is 5.15 Å². The van der Waals surface area contributed by atoms with Crippen LogP contribution in [0.1, 0.15) is 39.2 Å². The molecule has 2 heterocycles. The van der Waals surface area contributed by atoms with E-state index in [0.29, 0.717) is 24.5 Å². The fraction of sp³-hybridized carbons (Fsp3) is 0.600. The third kappa shape index (κ3) is 4.79. The molecule has 7 nitrogen and oxygen atoms in total. The molecule has 0 aliphatic carbocycles. The number of hydrogen-bond donors (Lipinski definition) is 2. The lowest BCUT2D eigenvalue weighted by Crippen LogP contribution is -2.44. The fourth-order valence-electron chi connectivity index (χ4n) is 2.34. The number of halogens is 1. The van der Waals surface area contributed by atoms with E-state index in [-0.39, 0.29) is 17.3 Å². The predicted molar refractivity (Wildman–Crippen MR) is 89.4 cm³/mol. The van der Waals surface area contributed by atoms with Gasteiger partial charge in [-0.3, -0.25) is 0 Å². The van der Waals surface area contributed by atoms with Crippen molar-refractivity contribution in [2.75, 3.05) is 18.4 Å². The number of carbonyl (C=O) groups excluding carboxylic acids is 1. The number of anilines is 1. The summed E-state index contributed by atoms with van der Waals surface area (Å²) in [4.78, 5) is 21.8. The van der Waals surface area contributed by atoms with Crippen LogP contribution in [0, 0.1) is 5.41 Å². The molecule has 1 aromatic rings. The first-order chi connectivity index (χ1) is 10.8. The lowest BCUT2D eigenvalue weighted by Gasteiger charge is -2.34. The molecule has 0 spiro atoms. The summed E-state index contributed by atoms with van der Waals surface area (Å²) in [5.41, 5.74) is -0.00770. The summed E-state index contributed by atoms with van der Waals surface area (Å²) in [5.74, 6) is 0.552. The quantitative estimate of drug-likeness (QED) is 0.652. The van der Waals surface area contributed by atoms with Crippen LogP contribution in [0.5, 0.6) is 0 Å². The van der Waals surface area contributed by atoms with Gasteiger partial charge >= 0.3 is 6.09 Å². The predicted octanol–water partition coefficient (Wildman–Crippen LogP) is 2.94. The molecule has 0 radical (unpaired) electrons. The summed E-state index contributed by atoms with van der Waals surface area (Å²) < 4.78 is 5.38. The van der Waals surface area contributed by atoms with Gasteiger partial charge in [-0.15, -0.1) is 0 Å². The lowest BCUT2D eigenvalue weighted by atomic mass is 10.1. The highest BCUT2D eigenvalue weighted by Crippen LogP contribution is 2.22. The van der Waals surface area contributed by atoms with Crippen molar-refractivity contribution in [1.29, 1.82) is 5.41 Å². The van der Waals surface area contributed by atoms with E-state index >= 15 is 0 Å². The van der Waals surface area contributed by atoms with E-state index in [0.717, 1.165) is 19.1 Å². The second kappa shape index (κ2) is 7.12. The van der Waals surface area contributed by atoms with Crippen molar-refractivity contribution in [3.05, 3.63) is 17.0 Å². The Morgan fingerprint density at radius 3 is 2.65 bits per heavy atom. The normalized spacial score (nSPS) is 16.1. The number of aromatic nitrogens is 2. The number of ether oxygens (including phenoxy) is 1. The molecule has 1 saturated heterocycles. The van der Waals surface area contributed by atoms with Gasteiger partial charge in [0.25, 0.3) is 0 Å². The number of amides is 1. The van der Waals surface area contributed by atoms with Crippen molar-refractivity contribution < 1.29 is 9.53 Å². The molecule has 2 rings (SSSR count). The van der Waals surface area contributed by atoms with Crippen LogP contribution < -0.4 is 5.32 Å². The number of hydrogen-bond acceptors (Lipinski definition) is 6. The molecule has 1 aliphatic rings. The molecular formula is C15H22ClN5O2. The van der Waals surface area contributed by atoms with Gasteiger partial charge in [-0.05, 0) is 33.6 Å². The second-order valence-corrected chi connectivity index (χ2v) is 6.82. The Bertz CT molecular complexity index is 580. The first kappa shape index (κ1) is 17.5. The standard InChI is InChI=1S/C15H22ClN5O2/c1-15(2,3)23-14(22)21-6-4-10(5-7-21)20-13-11(8-17)12(16)18-9-19-13/h8-10,17H,4-7H2,1-3H3,(H,18,19,20). The Balaban J connectivity index is 1.92. The Labute approximate surface area is 140 Å². The highest BCUT2D eigenvalue weighted by Gasteiger charge is 2.27. The van der Waals surface area contributed by atoms with E-state index in [1.165, 1.54) is 6.33 Å². The maximum absolute atomic E-state index is 12.0. The first-order valence-electron chi connectivity index (χ1n) is 7.55. The average Bonchev–Trinajstić information content (AvgIpc) is 2.46. The van der Waals surface area contributed by atoms with Gasteiger partial charge in [-0.25, -0.2) is 14.8 Å². The number of nitrogens with one attached hydrogen (secondary N) is 2. The highest BCUT2D eigenvalue weighted by molar-refractivity contribution is 6.32. The van der Waals surface area contributed by atoms with E-state index in [1.54, 1.807) is 4.90 Å². The van der Waals surface area contributed by atoms with Gasteiger partial charge < -0.3 is 20.4 Å². The Morgan fingerprint density at radius 1 is 1.43 bits per heavy atom. The van der Waals surface area contributed by atoms with E-state index in [9.17, 15) is 4.79 Å². The van der Waals surface area contributed by atoms with E-state index in [1.807, 2.05) is 20.8 Å². The van der Waals surface area contributed by atoms with Crippen LogP contribution in [0.25, 0.3) is 0 Å². The van der Waals surface area contributed by atoms with Crippen molar-refractivity contribution in [2.24, 2.45) is 0 Å². The lowest BCUT2D eigenvalue weighted by molar-refractivity contribution is 0.0210. The van der Waals surface area contributed by atoms with E-state index < -0.39 is 5.60 Å². The van der Waals surface area contributed by atoms with Crippen molar-refractivity contribution in [3.63, 3.8) is 0 Å². The molecule has 0 aromatic carbocycles. The summed E-state index contributed by atoms with van der Waals surface area (Å²) in [6.45, 7) is 6.81. The average molecular weight is 340 g/mol. The van der Waals surface area contributed by atoms with Crippen LogP contribution in [0.3, 0.4) is 0 Å². The van der Waals surface area contributed by atoms with Crippen LogP contribution in [-0.2, 0) is 4.74 Å². The molecule has 0 unspecified atom stereocenters. The van der Waals surface area contributed by atoms with Gasteiger partial charge in [0, 0.05) is 25.3 Å². The molecule has 1 aliphatic heterocycles. The van der Waals surface area contributed by atoms with Crippen LogP contribution in [0.4, 0.5) is 10.6 Å². The molecule has 8 heteroatoms. The Hall–Kier alpha value is -1.89. The third-order valence-electron chi connectivity index (χ3n) is 3.47. The highest BCUT2D eigenvalue weighted by atomic mass is 35.5. The first-order valence-corrected chi connectivity index (χ1v) is 7.93. The van der Waals surface area contributed by atoms with Crippen LogP contribution in [0.15, 0.2) is 6.33 Å². The zero-order valence-electron chi connectivity index (χ0n) is 13.6. The van der Waals surface area contributed by atoms with E-state index in [4.69, 9.17) is 21.7 Å². The van der Waals surface area contributed by atoms with Crippen molar-refractivity contribution in [1.82, 2.24) is 14.9 Å². The molecular weight excluding hydrogens is 318 g/mol. The zero-order chi connectivity index (χ0) is 17.0. The minimum Gasteiger partial charge on any atom is -0.444 e. The molecule has 1 amide bonds. The minimum absolute atomic E-state index is 0.165. The second-order valence-electron chi connectivity index (χ2n) is 6.46. The summed E-state index contributed by atoms with van der Waals surface area (Å²) in [6.07, 6.45) is 3.78. The third-order valence-corrected chi connectivity index (χ3v) is 3.77. The molecule has 126 valence electrons. The molecule has 0 saturated carbocycles. The monoisotopic (exact) mass is 339 g/mol. The zero-order valence-corrected chi connectivity index (χ0v) is 14.4. The fourth-order valence-corrected chi connectivity index (χ4v) is 2.53. The smallest absolute Gasteiger partial charge is 0.410 e. The number of nitrogens with zero attached hydrogens (tertiary/aromatic N) is 3. The SMILES string of the molecule is CC(C)(C)OC(=O)N1CCC(Nc2ncnc(Cl)c2C=N)CC1. The molecule has 0 bridgehead atoms. The number of likely N-dealkylation sites (tertiary alicyclic amines) is 1. The Morgan fingerprint density at radius 2 is 2.09 bits per heavy atom. The van der Waals surface area contributed by atoms with Gasteiger partial charge in [0.05, 0.1) is 5.56 Å². The minimum atomic E-state index is -0.483. The summed E-state index contributed by atoms with van der Waals surface area (Å²) in [6, 6.07) is 0.165. The molecule has 1 aromatic heterocycles. The number of piperidine rings is 1. The van der Waals surface area contributed by atoms with Gasteiger partial charge in [-0.2, -0.15) is 0 Å². The van der Waals surface area contributed by atoms with Crippen LogP contribution in [-0.4, -0.2) is 51.9 Å². The largest absolute Gasteiger partial charge is 0.444 e. The van der Waals surface area contributed by atoms with Gasteiger partial charge in [-0.1, -0.05) is 11.6 Å². The molecule has 23 heavy (non-hydrogen) atoms. The number of carbonyl (C=O) groups is 1. The summed E-state index contributed by atoms with van der Waals surface area (Å²) in [7, 11) is 0. The topological polar surface area (TPSA) is 91.2 Å². The molecule has 2 N–H and O–H groups in total. The maximum atomic E-state index is 12.0. The number of rotatable bonds is 3. The van der Waals surface area contributed by atoms with E-state index in [2.05, 4.69) is 15.3 Å². The summed E-state index contributed by atoms with van der Waals surface area (Å²) >= 11 is 5.96. The summed E-state index contributed by atoms with van der Waals surface area (Å²) in [5, 5.41) is 11.0. The van der Waals surface area contributed by atoms with Gasteiger partial charge in [0.1, 0.15) is 22.9 Å². The molecule has 1 fully saturated rings. The van der Waals surface area contributed by atoms with Gasteiger partial charge in [0.15, 0.2) is 0 Å². The van der Waals surface area contributed by atoms with Gasteiger partial charge in [0.2, 0.25) is 0 Å². The van der Waals surface area contributed by atoms with Crippen molar-refractivity contribution in [3.8, 4) is 0 Å². The molecule has 0 atom stereocenters. The Kier molecular flexibility index (Phi) is 5.41. The van der Waals surface area contributed by atoms with Crippen molar-refractivity contribution in [2.45, 2.75) is 45.3 Å². The van der Waals surface area contributed by atoms with Crippen LogP contribution >= 0.6 is 11.6 Å².